The fourth-order valence-corrected chi connectivity index (χ4v) is 4.50. The Bertz CT molecular complexity index is 1450. The number of halogens is 4. The Morgan fingerprint density at radius 1 is 1.03 bits per heavy atom. The molecule has 1 atom stereocenters. The van der Waals surface area contributed by atoms with Crippen LogP contribution in [0, 0.1) is 5.82 Å². The number of alkyl halides is 3. The summed E-state index contributed by atoms with van der Waals surface area (Å²) in [4.78, 5) is 29.8. The van der Waals surface area contributed by atoms with Gasteiger partial charge in [0.2, 0.25) is 11.7 Å². The molecule has 2 heterocycles. The van der Waals surface area contributed by atoms with Crippen LogP contribution in [0.4, 0.5) is 23.2 Å². The van der Waals surface area contributed by atoms with E-state index in [9.17, 15) is 27.2 Å². The first-order valence-corrected chi connectivity index (χ1v) is 12.6. The number of anilines is 1. The van der Waals surface area contributed by atoms with Crippen LogP contribution < -0.4 is 10.2 Å². The fraction of sp³-hybridized carbons (Fsp3) is 0.269. The van der Waals surface area contributed by atoms with Crippen molar-refractivity contribution in [3.05, 3.63) is 83.0 Å². The van der Waals surface area contributed by atoms with Gasteiger partial charge in [0.25, 0.3) is 5.91 Å². The average molecular weight is 561 g/mol. The van der Waals surface area contributed by atoms with Gasteiger partial charge in [-0.3, -0.25) is 14.5 Å². The summed E-state index contributed by atoms with van der Waals surface area (Å²) in [6.07, 6.45) is -4.85. The highest BCUT2D eigenvalue weighted by atomic mass is 32.1. The minimum atomic E-state index is -4.85. The second-order valence-corrected chi connectivity index (χ2v) is 10.5. The molecule has 4 aromatic rings. The molecule has 2 aromatic carbocycles. The van der Waals surface area contributed by atoms with E-state index >= 15 is 0 Å². The van der Waals surface area contributed by atoms with Gasteiger partial charge in [-0.05, 0) is 67.3 Å². The Balaban J connectivity index is 1.84. The van der Waals surface area contributed by atoms with E-state index in [0.29, 0.717) is 4.88 Å². The second kappa shape index (κ2) is 10.9. The molecular formula is C26H24F4N6O2S. The van der Waals surface area contributed by atoms with Crippen LogP contribution in [0.25, 0.3) is 10.7 Å². The van der Waals surface area contributed by atoms with Crippen LogP contribution in [0.3, 0.4) is 0 Å². The van der Waals surface area contributed by atoms with Crippen molar-refractivity contribution in [1.82, 2.24) is 25.5 Å². The molecule has 2 amide bonds. The normalized spacial score (nSPS) is 12.7. The Labute approximate surface area is 225 Å². The molecule has 0 unspecified atom stereocenters. The number of carbonyl (C=O) groups is 2. The summed E-state index contributed by atoms with van der Waals surface area (Å²) in [5, 5.41) is 16.5. The Morgan fingerprint density at radius 2 is 1.72 bits per heavy atom. The lowest BCUT2D eigenvalue weighted by Crippen LogP contribution is -2.50. The maximum Gasteiger partial charge on any atom is 0.418 e. The predicted molar refractivity (Wildman–Crippen MR) is 137 cm³/mol. The average Bonchev–Trinajstić information content (AvgIpc) is 3.54. The number of amides is 2. The van der Waals surface area contributed by atoms with E-state index < -0.39 is 53.2 Å². The maximum absolute atomic E-state index is 14.1. The molecule has 204 valence electrons. The van der Waals surface area contributed by atoms with Gasteiger partial charge in [0, 0.05) is 5.54 Å². The largest absolute Gasteiger partial charge is 0.418 e. The van der Waals surface area contributed by atoms with Gasteiger partial charge in [0.05, 0.1) is 16.1 Å². The van der Waals surface area contributed by atoms with Gasteiger partial charge in [-0.25, -0.2) is 4.39 Å². The summed E-state index contributed by atoms with van der Waals surface area (Å²) in [7, 11) is 0. The topological polar surface area (TPSA) is 93.0 Å². The summed E-state index contributed by atoms with van der Waals surface area (Å²) in [6.45, 7) is 4.45. The van der Waals surface area contributed by atoms with Gasteiger partial charge in [-0.15, -0.1) is 21.5 Å². The minimum absolute atomic E-state index is 0.106. The quantitative estimate of drug-likeness (QED) is 0.312. The molecule has 4 rings (SSSR count). The van der Waals surface area contributed by atoms with Gasteiger partial charge in [0.1, 0.15) is 18.4 Å². The van der Waals surface area contributed by atoms with E-state index in [2.05, 4.69) is 20.7 Å². The summed E-state index contributed by atoms with van der Waals surface area (Å²) in [5.74, 6) is -2.05. The predicted octanol–water partition coefficient (Wildman–Crippen LogP) is 5.25. The Kier molecular flexibility index (Phi) is 7.82. The zero-order chi connectivity index (χ0) is 28.4. The second-order valence-electron chi connectivity index (χ2n) is 9.59. The van der Waals surface area contributed by atoms with Crippen LogP contribution in [0.1, 0.15) is 37.9 Å². The van der Waals surface area contributed by atoms with Crippen LogP contribution >= 0.6 is 11.3 Å². The monoisotopic (exact) mass is 560 g/mol. The van der Waals surface area contributed by atoms with Crippen molar-refractivity contribution in [2.24, 2.45) is 0 Å². The molecular weight excluding hydrogens is 536 g/mol. The molecule has 1 N–H and O–H groups in total. The molecule has 0 radical (unpaired) electrons. The Morgan fingerprint density at radius 3 is 2.33 bits per heavy atom. The number of rotatable bonds is 7. The molecule has 0 bridgehead atoms. The SMILES string of the molecule is CC(C)(C)NC(=O)[C@H](c1ccc(F)cc1)N(C(=O)Cn1nnc(-c2cccs2)n1)c1ccccc1C(F)(F)F. The third-order valence-electron chi connectivity index (χ3n) is 5.40. The van der Waals surface area contributed by atoms with Crippen molar-refractivity contribution in [1.29, 1.82) is 0 Å². The first kappa shape index (κ1) is 27.9. The van der Waals surface area contributed by atoms with Crippen LogP contribution in [0.5, 0.6) is 0 Å². The molecule has 0 aliphatic rings. The highest BCUT2D eigenvalue weighted by Crippen LogP contribution is 2.40. The number of nitrogens with one attached hydrogen (secondary N) is 1. The molecule has 0 fully saturated rings. The summed E-state index contributed by atoms with van der Waals surface area (Å²) >= 11 is 1.35. The van der Waals surface area contributed by atoms with Gasteiger partial charge in [-0.2, -0.15) is 18.0 Å². The van der Waals surface area contributed by atoms with Crippen molar-refractivity contribution < 1.29 is 27.2 Å². The third-order valence-corrected chi connectivity index (χ3v) is 6.27. The van der Waals surface area contributed by atoms with Gasteiger partial charge in [0.15, 0.2) is 0 Å². The molecule has 13 heteroatoms. The van der Waals surface area contributed by atoms with Crippen molar-refractivity contribution in [2.75, 3.05) is 4.90 Å². The number of tetrazole rings is 1. The molecule has 0 spiro atoms. The number of nitrogens with zero attached hydrogens (tertiary/aromatic N) is 5. The van der Waals surface area contributed by atoms with Gasteiger partial charge >= 0.3 is 6.18 Å². The third kappa shape index (κ3) is 6.66. The molecule has 39 heavy (non-hydrogen) atoms. The summed E-state index contributed by atoms with van der Waals surface area (Å²) < 4.78 is 56.1. The highest BCUT2D eigenvalue weighted by molar-refractivity contribution is 7.13. The summed E-state index contributed by atoms with van der Waals surface area (Å²) in [5.41, 5.74) is -2.36. The zero-order valence-electron chi connectivity index (χ0n) is 21.1. The van der Waals surface area contributed by atoms with E-state index in [-0.39, 0.29) is 11.4 Å². The van der Waals surface area contributed by atoms with Crippen molar-refractivity contribution in [2.45, 2.75) is 45.1 Å². The first-order valence-electron chi connectivity index (χ1n) is 11.7. The fourth-order valence-electron chi connectivity index (χ4n) is 3.85. The minimum Gasteiger partial charge on any atom is -0.349 e. The molecule has 0 saturated heterocycles. The van der Waals surface area contributed by atoms with Crippen molar-refractivity contribution in [3.8, 4) is 10.7 Å². The van der Waals surface area contributed by atoms with E-state index in [0.717, 1.165) is 34.0 Å². The van der Waals surface area contributed by atoms with Gasteiger partial charge < -0.3 is 5.32 Å². The number of hydrogen-bond donors (Lipinski definition) is 1. The standard InChI is InChI=1S/C26H24F4N6O2S/c1-25(2,3)31-24(38)22(16-10-12-17(27)13-11-16)36(19-8-5-4-7-18(19)26(28,29)30)21(37)15-35-33-23(32-34-35)20-9-6-14-39-20/h4-14,22H,15H2,1-3H3,(H,31,38)/t22-/m0/s1. The van der Waals surface area contributed by atoms with E-state index in [4.69, 9.17) is 0 Å². The molecule has 0 aliphatic carbocycles. The molecule has 0 saturated carbocycles. The van der Waals surface area contributed by atoms with E-state index in [1.54, 1.807) is 38.3 Å². The number of benzene rings is 2. The maximum atomic E-state index is 14.1. The van der Waals surface area contributed by atoms with Crippen LogP contribution in [0.2, 0.25) is 0 Å². The van der Waals surface area contributed by atoms with Crippen LogP contribution in [-0.2, 0) is 22.3 Å². The zero-order valence-corrected chi connectivity index (χ0v) is 21.9. The smallest absolute Gasteiger partial charge is 0.349 e. The number of thiophene rings is 1. The van der Waals surface area contributed by atoms with Crippen LogP contribution in [0.15, 0.2) is 66.0 Å². The number of hydrogen-bond acceptors (Lipinski definition) is 6. The number of aromatic nitrogens is 4. The number of carbonyl (C=O) groups excluding carboxylic acids is 2. The molecule has 8 nitrogen and oxygen atoms in total. The number of para-hydroxylation sites is 1. The van der Waals surface area contributed by atoms with E-state index in [1.807, 2.05) is 0 Å². The first-order chi connectivity index (χ1) is 18.3. The van der Waals surface area contributed by atoms with Gasteiger partial charge in [-0.1, -0.05) is 30.3 Å². The van der Waals surface area contributed by atoms with Crippen LogP contribution in [-0.4, -0.2) is 37.6 Å². The molecule has 2 aromatic heterocycles. The van der Waals surface area contributed by atoms with E-state index in [1.165, 1.54) is 35.6 Å². The lowest BCUT2D eigenvalue weighted by Gasteiger charge is -2.35. The lowest BCUT2D eigenvalue weighted by atomic mass is 9.99. The lowest BCUT2D eigenvalue weighted by molar-refractivity contribution is -0.137. The summed E-state index contributed by atoms with van der Waals surface area (Å²) in [6, 6.07) is 11.0. The Hall–Kier alpha value is -4.13. The van der Waals surface area contributed by atoms with Crippen molar-refractivity contribution in [3.63, 3.8) is 0 Å². The molecule has 0 aliphatic heterocycles. The highest BCUT2D eigenvalue weighted by Gasteiger charge is 2.41. The van der Waals surface area contributed by atoms with Crippen molar-refractivity contribution >= 4 is 28.8 Å².